The maximum Gasteiger partial charge on any atom is 0.134 e. The lowest BCUT2D eigenvalue weighted by atomic mass is 10.2. The third kappa shape index (κ3) is 3.56. The summed E-state index contributed by atoms with van der Waals surface area (Å²) < 4.78 is 10.9. The van der Waals surface area contributed by atoms with E-state index in [1.54, 1.807) is 7.11 Å². The molecule has 1 atom stereocenters. The highest BCUT2D eigenvalue weighted by Gasteiger charge is 2.15. The van der Waals surface area contributed by atoms with E-state index in [1.165, 1.54) is 0 Å². The van der Waals surface area contributed by atoms with Gasteiger partial charge in [-0.15, -0.1) is 0 Å². The van der Waals surface area contributed by atoms with Gasteiger partial charge in [0.15, 0.2) is 0 Å². The second kappa shape index (κ2) is 6.70. The van der Waals surface area contributed by atoms with Gasteiger partial charge in [0.05, 0.1) is 12.6 Å². The Morgan fingerprint density at radius 2 is 2.16 bits per heavy atom. The zero-order chi connectivity index (χ0) is 13.7. The Morgan fingerprint density at radius 3 is 2.84 bits per heavy atom. The second-order valence-electron chi connectivity index (χ2n) is 4.68. The van der Waals surface area contributed by atoms with Crippen LogP contribution in [0.2, 0.25) is 0 Å². The Hall–Kier alpha value is -1.36. The molecule has 0 fully saturated rings. The molecule has 104 valence electrons. The van der Waals surface area contributed by atoms with Gasteiger partial charge < -0.3 is 14.9 Å². The summed E-state index contributed by atoms with van der Waals surface area (Å²) in [4.78, 5) is 2.27. The monoisotopic (exact) mass is 262 g/mol. The van der Waals surface area contributed by atoms with Crippen LogP contribution in [0.3, 0.4) is 0 Å². The molecular weight excluding hydrogens is 240 g/mol. The number of hydrogen-bond acceptors (Lipinski definition) is 4. The topological polar surface area (TPSA) is 51.6 Å². The van der Waals surface area contributed by atoms with E-state index in [2.05, 4.69) is 11.8 Å². The molecular formula is C15H22N2O2. The van der Waals surface area contributed by atoms with Gasteiger partial charge in [-0.25, -0.2) is 0 Å². The fourth-order valence-electron chi connectivity index (χ4n) is 2.15. The van der Waals surface area contributed by atoms with Crippen LogP contribution in [0.4, 0.5) is 0 Å². The van der Waals surface area contributed by atoms with E-state index in [4.69, 9.17) is 14.9 Å². The van der Waals surface area contributed by atoms with Gasteiger partial charge >= 0.3 is 0 Å². The minimum atomic E-state index is -0.107. The third-order valence-corrected chi connectivity index (χ3v) is 3.32. The van der Waals surface area contributed by atoms with E-state index in [1.807, 2.05) is 30.3 Å². The third-order valence-electron chi connectivity index (χ3n) is 3.32. The first-order valence-electron chi connectivity index (χ1n) is 6.70. The number of fused-ring (bicyclic) bond motifs is 1. The molecule has 0 spiro atoms. The fraction of sp³-hybridized carbons (Fsp3) is 0.467. The van der Waals surface area contributed by atoms with Crippen LogP contribution in [0.15, 0.2) is 34.7 Å². The number of methoxy groups -OCH3 is 1. The smallest absolute Gasteiger partial charge is 0.134 e. The van der Waals surface area contributed by atoms with Crippen LogP contribution in [-0.4, -0.2) is 38.3 Å². The van der Waals surface area contributed by atoms with E-state index in [-0.39, 0.29) is 6.04 Å². The van der Waals surface area contributed by atoms with Crippen molar-refractivity contribution in [3.05, 3.63) is 36.1 Å². The van der Waals surface area contributed by atoms with Gasteiger partial charge in [-0.3, -0.25) is 4.90 Å². The molecule has 0 aliphatic heterocycles. The predicted octanol–water partition coefficient (Wildman–Crippen LogP) is 2.40. The number of furan rings is 1. The normalized spacial score (nSPS) is 13.3. The number of benzene rings is 1. The molecule has 0 aliphatic rings. The fourth-order valence-corrected chi connectivity index (χ4v) is 2.15. The summed E-state index contributed by atoms with van der Waals surface area (Å²) in [6.45, 7) is 5.47. The van der Waals surface area contributed by atoms with Crippen LogP contribution in [0.5, 0.6) is 0 Å². The SMILES string of the molecule is CCN(CCOC)CC(N)c1cc2ccccc2o1. The number of nitrogens with zero attached hydrogens (tertiary/aromatic N) is 1. The first-order valence-corrected chi connectivity index (χ1v) is 6.70. The molecule has 2 aromatic rings. The lowest BCUT2D eigenvalue weighted by molar-refractivity contribution is 0.145. The molecule has 4 nitrogen and oxygen atoms in total. The molecule has 0 saturated carbocycles. The number of para-hydroxylation sites is 1. The van der Waals surface area contributed by atoms with Gasteiger partial charge in [0.1, 0.15) is 11.3 Å². The Labute approximate surface area is 114 Å². The molecule has 1 unspecified atom stereocenters. The van der Waals surface area contributed by atoms with Crippen molar-refractivity contribution >= 4 is 11.0 Å². The number of rotatable bonds is 7. The summed E-state index contributed by atoms with van der Waals surface area (Å²) in [5.74, 6) is 0.845. The van der Waals surface area contributed by atoms with Crippen LogP contribution in [0.1, 0.15) is 18.7 Å². The molecule has 0 saturated heterocycles. The zero-order valence-corrected chi connectivity index (χ0v) is 11.6. The lowest BCUT2D eigenvalue weighted by Gasteiger charge is -2.22. The summed E-state index contributed by atoms with van der Waals surface area (Å²) in [6, 6.07) is 9.90. The minimum absolute atomic E-state index is 0.107. The van der Waals surface area contributed by atoms with Gasteiger partial charge in [-0.05, 0) is 18.7 Å². The summed E-state index contributed by atoms with van der Waals surface area (Å²) in [7, 11) is 1.72. The maximum atomic E-state index is 6.23. The van der Waals surface area contributed by atoms with E-state index < -0.39 is 0 Å². The molecule has 4 heteroatoms. The first kappa shape index (κ1) is 14.1. The highest BCUT2D eigenvalue weighted by atomic mass is 16.5. The molecule has 0 radical (unpaired) electrons. The van der Waals surface area contributed by atoms with Crippen molar-refractivity contribution in [1.82, 2.24) is 4.90 Å². The van der Waals surface area contributed by atoms with E-state index in [0.717, 1.165) is 43.0 Å². The molecule has 1 aromatic carbocycles. The van der Waals surface area contributed by atoms with Crippen LogP contribution < -0.4 is 5.73 Å². The maximum absolute atomic E-state index is 6.23. The van der Waals surface area contributed by atoms with E-state index >= 15 is 0 Å². The standard InChI is InChI=1S/C15H22N2O2/c1-3-17(8-9-18-2)11-13(16)15-10-12-6-4-5-7-14(12)19-15/h4-7,10,13H,3,8-9,11,16H2,1-2H3. The molecule has 0 amide bonds. The molecule has 2 N–H and O–H groups in total. The highest BCUT2D eigenvalue weighted by molar-refractivity contribution is 5.77. The first-order chi connectivity index (χ1) is 9.24. The lowest BCUT2D eigenvalue weighted by Crippen LogP contribution is -2.34. The van der Waals surface area contributed by atoms with Crippen molar-refractivity contribution in [2.24, 2.45) is 5.73 Å². The summed E-state index contributed by atoms with van der Waals surface area (Å²) in [5.41, 5.74) is 7.13. The van der Waals surface area contributed by atoms with Crippen LogP contribution >= 0.6 is 0 Å². The number of hydrogen-bond donors (Lipinski definition) is 1. The molecule has 1 heterocycles. The number of ether oxygens (including phenoxy) is 1. The minimum Gasteiger partial charge on any atom is -0.459 e. The Morgan fingerprint density at radius 1 is 1.37 bits per heavy atom. The van der Waals surface area contributed by atoms with Crippen molar-refractivity contribution in [3.63, 3.8) is 0 Å². The molecule has 19 heavy (non-hydrogen) atoms. The van der Waals surface area contributed by atoms with Crippen LogP contribution in [0.25, 0.3) is 11.0 Å². The molecule has 0 aliphatic carbocycles. The number of nitrogens with two attached hydrogens (primary N) is 1. The van der Waals surface area contributed by atoms with Crippen molar-refractivity contribution in [1.29, 1.82) is 0 Å². The Kier molecular flexibility index (Phi) is 4.96. The zero-order valence-electron chi connectivity index (χ0n) is 11.6. The van der Waals surface area contributed by atoms with Gasteiger partial charge in [0.2, 0.25) is 0 Å². The van der Waals surface area contributed by atoms with Gasteiger partial charge in [-0.1, -0.05) is 25.1 Å². The average molecular weight is 262 g/mol. The highest BCUT2D eigenvalue weighted by Crippen LogP contribution is 2.23. The van der Waals surface area contributed by atoms with Gasteiger partial charge in [0, 0.05) is 25.6 Å². The van der Waals surface area contributed by atoms with Gasteiger partial charge in [-0.2, -0.15) is 0 Å². The van der Waals surface area contributed by atoms with Crippen LogP contribution in [-0.2, 0) is 4.74 Å². The molecule has 2 rings (SSSR count). The second-order valence-corrected chi connectivity index (χ2v) is 4.68. The number of likely N-dealkylation sites (N-methyl/N-ethyl adjacent to an activating group) is 1. The van der Waals surface area contributed by atoms with E-state index in [0.29, 0.717) is 0 Å². The molecule has 1 aromatic heterocycles. The summed E-state index contributed by atoms with van der Waals surface area (Å²) >= 11 is 0. The van der Waals surface area contributed by atoms with Crippen molar-refractivity contribution in [3.8, 4) is 0 Å². The van der Waals surface area contributed by atoms with Gasteiger partial charge in [0.25, 0.3) is 0 Å². The Bertz CT molecular complexity index is 477. The quantitative estimate of drug-likeness (QED) is 0.832. The molecule has 0 bridgehead atoms. The largest absolute Gasteiger partial charge is 0.459 e. The van der Waals surface area contributed by atoms with Crippen molar-refractivity contribution in [2.45, 2.75) is 13.0 Å². The summed E-state index contributed by atoms with van der Waals surface area (Å²) in [5, 5.41) is 1.10. The summed E-state index contributed by atoms with van der Waals surface area (Å²) in [6.07, 6.45) is 0. The van der Waals surface area contributed by atoms with Crippen molar-refractivity contribution < 1.29 is 9.15 Å². The van der Waals surface area contributed by atoms with Crippen molar-refractivity contribution in [2.75, 3.05) is 33.4 Å². The van der Waals surface area contributed by atoms with E-state index in [9.17, 15) is 0 Å². The predicted molar refractivity (Wildman–Crippen MR) is 77.1 cm³/mol. The van der Waals surface area contributed by atoms with Crippen LogP contribution in [0, 0.1) is 0 Å². The average Bonchev–Trinajstić information content (AvgIpc) is 2.87. The Balaban J connectivity index is 2.03.